The molecule has 5 rings (SSSR count). The summed E-state index contributed by atoms with van der Waals surface area (Å²) in [7, 11) is -1.44. The molecular weight excluding hydrogens is 658 g/mol. The summed E-state index contributed by atoms with van der Waals surface area (Å²) in [4.78, 5) is 30.3. The van der Waals surface area contributed by atoms with E-state index in [2.05, 4.69) is 5.32 Å². The van der Waals surface area contributed by atoms with Crippen LogP contribution in [0.15, 0.2) is 102 Å². The van der Waals surface area contributed by atoms with E-state index >= 15 is 4.39 Å². The number of amides is 2. The van der Waals surface area contributed by atoms with Gasteiger partial charge >= 0.3 is 0 Å². The lowest BCUT2D eigenvalue weighted by Gasteiger charge is -2.35. The van der Waals surface area contributed by atoms with Gasteiger partial charge in [0.15, 0.2) is 11.5 Å². The number of hydrogen-bond donors (Lipinski definition) is 1. The molecule has 264 valence electrons. The lowest BCUT2D eigenvalue weighted by Crippen LogP contribution is -2.55. The van der Waals surface area contributed by atoms with Crippen LogP contribution in [0.25, 0.3) is 0 Å². The van der Waals surface area contributed by atoms with Gasteiger partial charge in [-0.25, -0.2) is 12.8 Å². The first-order chi connectivity index (χ1) is 24.1. The van der Waals surface area contributed by atoms with Crippen molar-refractivity contribution in [1.82, 2.24) is 10.2 Å². The molecule has 0 bridgehead atoms. The summed E-state index contributed by atoms with van der Waals surface area (Å²) >= 11 is 0. The molecule has 11 heteroatoms. The summed E-state index contributed by atoms with van der Waals surface area (Å²) in [5, 5.41) is 3.16. The van der Waals surface area contributed by atoms with Gasteiger partial charge in [0.05, 0.1) is 24.8 Å². The summed E-state index contributed by atoms with van der Waals surface area (Å²) in [6.45, 7) is 0.908. The monoisotopic (exact) mass is 701 g/mol. The predicted molar refractivity (Wildman–Crippen MR) is 191 cm³/mol. The molecule has 4 aromatic rings. The zero-order chi connectivity index (χ0) is 35.7. The summed E-state index contributed by atoms with van der Waals surface area (Å²) in [5.41, 5.74) is 2.00. The van der Waals surface area contributed by atoms with Gasteiger partial charge in [-0.1, -0.05) is 85.5 Å². The van der Waals surface area contributed by atoms with Gasteiger partial charge in [0.2, 0.25) is 11.8 Å². The van der Waals surface area contributed by atoms with Crippen LogP contribution in [0.3, 0.4) is 0 Å². The summed E-state index contributed by atoms with van der Waals surface area (Å²) < 4.78 is 55.8. The van der Waals surface area contributed by atoms with E-state index in [4.69, 9.17) is 9.47 Å². The molecule has 1 atom stereocenters. The number of ether oxygens (including phenoxy) is 2. The number of halogens is 1. The third-order valence-electron chi connectivity index (χ3n) is 9.06. The van der Waals surface area contributed by atoms with Gasteiger partial charge in [0.25, 0.3) is 10.0 Å². The van der Waals surface area contributed by atoms with Crippen molar-refractivity contribution in [3.8, 4) is 11.5 Å². The average molecular weight is 702 g/mol. The van der Waals surface area contributed by atoms with Crippen LogP contribution >= 0.6 is 0 Å². The maximum atomic E-state index is 15.2. The highest BCUT2D eigenvalue weighted by molar-refractivity contribution is 7.92. The Morgan fingerprint density at radius 2 is 1.52 bits per heavy atom. The van der Waals surface area contributed by atoms with Crippen molar-refractivity contribution in [2.24, 2.45) is 0 Å². The lowest BCUT2D eigenvalue weighted by atomic mass is 9.94. The normalized spacial score (nSPS) is 14.0. The highest BCUT2D eigenvalue weighted by atomic mass is 32.2. The molecule has 2 amide bonds. The van der Waals surface area contributed by atoms with Gasteiger partial charge in [-0.3, -0.25) is 13.9 Å². The third-order valence-corrected chi connectivity index (χ3v) is 10.9. The SMILES string of the molecule is COc1ccc(N(CC(=O)N(Cc2ccccc2F)[C@H](Cc2ccccc2)C(=O)NC2CCCCC2)S(=O)(=O)c2ccc(C)cc2)cc1OC. The van der Waals surface area contributed by atoms with Crippen LogP contribution in [0.4, 0.5) is 10.1 Å². The molecule has 0 saturated heterocycles. The fraction of sp³-hybridized carbons (Fsp3) is 0.333. The van der Waals surface area contributed by atoms with Crippen LogP contribution in [0.2, 0.25) is 0 Å². The molecule has 1 N–H and O–H groups in total. The van der Waals surface area contributed by atoms with Crippen molar-refractivity contribution >= 4 is 27.5 Å². The van der Waals surface area contributed by atoms with Gasteiger partial charge in [0.1, 0.15) is 18.4 Å². The molecule has 0 radical (unpaired) electrons. The maximum Gasteiger partial charge on any atom is 0.264 e. The number of aryl methyl sites for hydroxylation is 1. The summed E-state index contributed by atoms with van der Waals surface area (Å²) in [6, 6.07) is 25.1. The number of nitrogens with zero attached hydrogens (tertiary/aromatic N) is 2. The van der Waals surface area contributed by atoms with Crippen molar-refractivity contribution in [2.45, 2.75) is 69.0 Å². The Hall–Kier alpha value is -4.90. The van der Waals surface area contributed by atoms with E-state index in [1.807, 2.05) is 37.3 Å². The molecule has 50 heavy (non-hydrogen) atoms. The average Bonchev–Trinajstić information content (AvgIpc) is 3.13. The number of benzene rings is 4. The van der Waals surface area contributed by atoms with E-state index in [-0.39, 0.29) is 46.8 Å². The predicted octanol–water partition coefficient (Wildman–Crippen LogP) is 6.44. The van der Waals surface area contributed by atoms with Crippen LogP contribution in [0, 0.1) is 12.7 Å². The van der Waals surface area contributed by atoms with E-state index in [0.717, 1.165) is 47.5 Å². The number of anilines is 1. The van der Waals surface area contributed by atoms with E-state index in [0.29, 0.717) is 5.75 Å². The van der Waals surface area contributed by atoms with Gasteiger partial charge in [-0.15, -0.1) is 0 Å². The molecule has 4 aromatic carbocycles. The molecule has 1 saturated carbocycles. The molecular formula is C39H44FN3O6S. The number of carbonyl (C=O) groups is 2. The third kappa shape index (κ3) is 8.81. The number of rotatable bonds is 14. The molecule has 0 spiro atoms. The van der Waals surface area contributed by atoms with E-state index in [1.54, 1.807) is 36.4 Å². The van der Waals surface area contributed by atoms with E-state index in [1.165, 1.54) is 49.5 Å². The summed E-state index contributed by atoms with van der Waals surface area (Å²) in [6.07, 6.45) is 4.87. The minimum Gasteiger partial charge on any atom is -0.493 e. The van der Waals surface area contributed by atoms with E-state index < -0.39 is 34.3 Å². The Balaban J connectivity index is 1.60. The quantitative estimate of drug-likeness (QED) is 0.162. The Morgan fingerprint density at radius 1 is 0.860 bits per heavy atom. The molecule has 1 aliphatic rings. The zero-order valence-corrected chi connectivity index (χ0v) is 29.5. The van der Waals surface area contributed by atoms with Crippen LogP contribution < -0.4 is 19.1 Å². The number of hydrogen-bond acceptors (Lipinski definition) is 6. The first-order valence-corrected chi connectivity index (χ1v) is 18.2. The second kappa shape index (κ2) is 16.7. The molecule has 1 aliphatic carbocycles. The Labute approximate surface area is 294 Å². The second-order valence-corrected chi connectivity index (χ2v) is 14.4. The number of methoxy groups -OCH3 is 2. The molecule has 0 unspecified atom stereocenters. The fourth-order valence-electron chi connectivity index (χ4n) is 6.25. The molecule has 9 nitrogen and oxygen atoms in total. The second-order valence-electron chi connectivity index (χ2n) is 12.5. The maximum absolute atomic E-state index is 15.2. The first-order valence-electron chi connectivity index (χ1n) is 16.8. The smallest absolute Gasteiger partial charge is 0.264 e. The van der Waals surface area contributed by atoms with Gasteiger partial charge in [0, 0.05) is 30.6 Å². The number of sulfonamides is 1. The van der Waals surface area contributed by atoms with Crippen molar-refractivity contribution in [1.29, 1.82) is 0 Å². The fourth-order valence-corrected chi connectivity index (χ4v) is 7.66. The van der Waals surface area contributed by atoms with Crippen LogP contribution in [0.5, 0.6) is 11.5 Å². The number of nitrogens with one attached hydrogen (secondary N) is 1. The Morgan fingerprint density at radius 3 is 2.18 bits per heavy atom. The Bertz CT molecular complexity index is 1860. The van der Waals surface area contributed by atoms with Crippen molar-refractivity contribution in [3.63, 3.8) is 0 Å². The lowest BCUT2D eigenvalue weighted by molar-refractivity contribution is -0.140. The Kier molecular flexibility index (Phi) is 12.1. The minimum absolute atomic E-state index is 0.0257. The highest BCUT2D eigenvalue weighted by Gasteiger charge is 2.36. The molecule has 1 fully saturated rings. The first kappa shape index (κ1) is 36.4. The van der Waals surface area contributed by atoms with E-state index in [9.17, 15) is 18.0 Å². The van der Waals surface area contributed by atoms with Crippen molar-refractivity contribution < 1.29 is 31.9 Å². The topological polar surface area (TPSA) is 105 Å². The van der Waals surface area contributed by atoms with Crippen LogP contribution in [0.1, 0.15) is 48.8 Å². The van der Waals surface area contributed by atoms with Crippen molar-refractivity contribution in [3.05, 3.63) is 120 Å². The molecule has 0 aliphatic heterocycles. The number of carbonyl (C=O) groups excluding carboxylic acids is 2. The van der Waals surface area contributed by atoms with Crippen LogP contribution in [-0.4, -0.2) is 58.0 Å². The van der Waals surface area contributed by atoms with Gasteiger partial charge < -0.3 is 19.7 Å². The zero-order valence-electron chi connectivity index (χ0n) is 28.7. The largest absolute Gasteiger partial charge is 0.493 e. The summed E-state index contributed by atoms with van der Waals surface area (Å²) in [5.74, 6) is -0.958. The molecule has 0 heterocycles. The highest BCUT2D eigenvalue weighted by Crippen LogP contribution is 2.34. The van der Waals surface area contributed by atoms with Crippen molar-refractivity contribution in [2.75, 3.05) is 25.1 Å². The van der Waals surface area contributed by atoms with Gasteiger partial charge in [-0.2, -0.15) is 0 Å². The minimum atomic E-state index is -4.34. The van der Waals surface area contributed by atoms with Crippen LogP contribution in [-0.2, 0) is 32.6 Å². The van der Waals surface area contributed by atoms with Gasteiger partial charge in [-0.05, 0) is 55.7 Å². The standard InChI is InChI=1S/C39H44FN3O6S/c1-28-18-21-33(22-19-28)50(46,47)43(32-20-23-36(48-2)37(25-32)49-3)27-38(44)42(26-30-14-10-11-17-34(30)40)35(24-29-12-6-4-7-13-29)39(45)41-31-15-8-5-9-16-31/h4,6-7,10-14,17-23,25,31,35H,5,8-9,15-16,24,26-27H2,1-3H3,(H,41,45)/t35-/m1/s1. The molecule has 0 aromatic heterocycles.